The minimum Gasteiger partial charge on any atom is -0.303 e. The van der Waals surface area contributed by atoms with Gasteiger partial charge in [-0.2, -0.15) is 0 Å². The second kappa shape index (κ2) is 5.89. The number of Topliss-reactive ketones (excluding diaryl/α,β-unsaturated/α-hetero) is 1. The lowest BCUT2D eigenvalue weighted by molar-refractivity contribution is -0.384. The molecule has 0 aromatic heterocycles. The summed E-state index contributed by atoms with van der Waals surface area (Å²) in [6.07, 6.45) is 1.43. The highest BCUT2D eigenvalue weighted by Crippen LogP contribution is 2.16. The number of non-ortho nitro benzene ring substituents is 1. The molecular formula is C12H13NO4. The van der Waals surface area contributed by atoms with Crippen LogP contribution >= 0.6 is 0 Å². The summed E-state index contributed by atoms with van der Waals surface area (Å²) in [5, 5.41) is 10.5. The monoisotopic (exact) mass is 235 g/mol. The first-order chi connectivity index (χ1) is 8.08. The van der Waals surface area contributed by atoms with E-state index in [-0.39, 0.29) is 29.4 Å². The van der Waals surface area contributed by atoms with Gasteiger partial charge >= 0.3 is 0 Å². The van der Waals surface area contributed by atoms with Crippen LogP contribution in [0.1, 0.15) is 30.1 Å². The number of nitrogens with zero attached hydrogens (tertiary/aromatic N) is 1. The Kier molecular flexibility index (Phi) is 4.51. The Morgan fingerprint density at radius 1 is 1.53 bits per heavy atom. The second-order valence-corrected chi connectivity index (χ2v) is 3.74. The van der Waals surface area contributed by atoms with Crippen molar-refractivity contribution in [2.45, 2.75) is 19.8 Å². The zero-order chi connectivity index (χ0) is 12.8. The van der Waals surface area contributed by atoms with Crippen molar-refractivity contribution in [1.29, 1.82) is 0 Å². The maximum atomic E-state index is 11.8. The third kappa shape index (κ3) is 3.48. The van der Waals surface area contributed by atoms with E-state index in [4.69, 9.17) is 0 Å². The second-order valence-electron chi connectivity index (χ2n) is 3.74. The Bertz CT molecular complexity index is 442. The minimum absolute atomic E-state index is 0.0984. The number of aldehydes is 1. The van der Waals surface area contributed by atoms with E-state index in [2.05, 4.69) is 0 Å². The SMILES string of the molecule is CC[C@@H](C=O)CC(=O)c1cccc([N+](=O)[O-])c1. The quantitative estimate of drug-likeness (QED) is 0.328. The van der Waals surface area contributed by atoms with Crippen LogP contribution < -0.4 is 0 Å². The molecule has 0 aliphatic rings. The van der Waals surface area contributed by atoms with Crippen LogP contribution in [0.3, 0.4) is 0 Å². The standard InChI is InChI=1S/C12H13NO4/c1-2-9(8-14)6-12(15)10-4-3-5-11(7-10)13(16)17/h3-5,7-9H,2,6H2,1H3/t9-/m1/s1. The summed E-state index contributed by atoms with van der Waals surface area (Å²) in [7, 11) is 0. The van der Waals surface area contributed by atoms with Crippen molar-refractivity contribution in [1.82, 2.24) is 0 Å². The van der Waals surface area contributed by atoms with Gasteiger partial charge in [0.05, 0.1) is 4.92 Å². The summed E-state index contributed by atoms with van der Waals surface area (Å²) >= 11 is 0. The Labute approximate surface area is 98.6 Å². The molecule has 5 nitrogen and oxygen atoms in total. The topological polar surface area (TPSA) is 77.3 Å². The molecule has 1 aromatic carbocycles. The highest BCUT2D eigenvalue weighted by molar-refractivity contribution is 5.97. The van der Waals surface area contributed by atoms with Crippen molar-refractivity contribution >= 4 is 17.8 Å². The maximum Gasteiger partial charge on any atom is 0.270 e. The summed E-state index contributed by atoms with van der Waals surface area (Å²) in [5.41, 5.74) is 0.162. The zero-order valence-corrected chi connectivity index (χ0v) is 9.46. The molecule has 1 aromatic rings. The van der Waals surface area contributed by atoms with E-state index in [0.29, 0.717) is 6.42 Å². The fourth-order valence-electron chi connectivity index (χ4n) is 1.44. The highest BCUT2D eigenvalue weighted by atomic mass is 16.6. The summed E-state index contributed by atoms with van der Waals surface area (Å²) in [5.74, 6) is -0.561. The molecule has 1 atom stereocenters. The van der Waals surface area contributed by atoms with Crippen molar-refractivity contribution in [3.05, 3.63) is 39.9 Å². The number of hydrogen-bond acceptors (Lipinski definition) is 4. The van der Waals surface area contributed by atoms with Gasteiger partial charge in [0, 0.05) is 30.0 Å². The van der Waals surface area contributed by atoms with E-state index in [9.17, 15) is 19.7 Å². The van der Waals surface area contributed by atoms with Crippen LogP contribution in [0.25, 0.3) is 0 Å². The van der Waals surface area contributed by atoms with Crippen molar-refractivity contribution in [3.63, 3.8) is 0 Å². The van der Waals surface area contributed by atoms with Crippen LogP contribution in [-0.4, -0.2) is 17.0 Å². The van der Waals surface area contributed by atoms with Crippen molar-refractivity contribution in [2.75, 3.05) is 0 Å². The number of rotatable bonds is 6. The third-order valence-electron chi connectivity index (χ3n) is 2.54. The van der Waals surface area contributed by atoms with Crippen LogP contribution in [0.5, 0.6) is 0 Å². The first kappa shape index (κ1) is 13.0. The van der Waals surface area contributed by atoms with Crippen LogP contribution in [-0.2, 0) is 4.79 Å². The van der Waals surface area contributed by atoms with Crippen LogP contribution in [0.15, 0.2) is 24.3 Å². The Hall–Kier alpha value is -2.04. The molecule has 0 heterocycles. The normalized spacial score (nSPS) is 11.8. The molecule has 1 rings (SSSR count). The third-order valence-corrected chi connectivity index (χ3v) is 2.54. The van der Waals surface area contributed by atoms with Gasteiger partial charge in [-0.3, -0.25) is 14.9 Å². The predicted molar refractivity (Wildman–Crippen MR) is 61.9 cm³/mol. The number of benzene rings is 1. The summed E-state index contributed by atoms with van der Waals surface area (Å²) in [6.45, 7) is 1.82. The molecule has 90 valence electrons. The van der Waals surface area contributed by atoms with E-state index in [1.165, 1.54) is 24.3 Å². The molecule has 0 bridgehead atoms. The summed E-state index contributed by atoms with van der Waals surface area (Å²) in [4.78, 5) is 32.4. The van der Waals surface area contributed by atoms with Crippen LogP contribution in [0.4, 0.5) is 5.69 Å². The lowest BCUT2D eigenvalue weighted by Gasteiger charge is -2.05. The minimum atomic E-state index is -0.548. The predicted octanol–water partition coefficient (Wildman–Crippen LogP) is 2.39. The molecule has 0 spiro atoms. The highest BCUT2D eigenvalue weighted by Gasteiger charge is 2.15. The average molecular weight is 235 g/mol. The van der Waals surface area contributed by atoms with Gasteiger partial charge in [-0.1, -0.05) is 19.1 Å². The number of nitro groups is 1. The first-order valence-electron chi connectivity index (χ1n) is 5.31. The Morgan fingerprint density at radius 3 is 2.76 bits per heavy atom. The van der Waals surface area contributed by atoms with E-state index in [0.717, 1.165) is 6.29 Å². The fourth-order valence-corrected chi connectivity index (χ4v) is 1.44. The average Bonchev–Trinajstić information content (AvgIpc) is 2.35. The Balaban J connectivity index is 2.85. The van der Waals surface area contributed by atoms with E-state index < -0.39 is 4.92 Å². The van der Waals surface area contributed by atoms with Gasteiger partial charge in [0.2, 0.25) is 0 Å². The molecule has 17 heavy (non-hydrogen) atoms. The number of carbonyl (C=O) groups is 2. The van der Waals surface area contributed by atoms with E-state index >= 15 is 0 Å². The molecule has 0 saturated carbocycles. The molecule has 0 aliphatic heterocycles. The van der Waals surface area contributed by atoms with Gasteiger partial charge in [0.25, 0.3) is 5.69 Å². The van der Waals surface area contributed by atoms with Gasteiger partial charge in [0.1, 0.15) is 6.29 Å². The number of carbonyl (C=O) groups excluding carboxylic acids is 2. The molecule has 0 amide bonds. The summed E-state index contributed by atoms with van der Waals surface area (Å²) in [6, 6.07) is 5.55. The van der Waals surface area contributed by atoms with Gasteiger partial charge in [-0.25, -0.2) is 0 Å². The van der Waals surface area contributed by atoms with Gasteiger partial charge < -0.3 is 4.79 Å². The molecule has 0 radical (unpaired) electrons. The number of hydrogen-bond donors (Lipinski definition) is 0. The van der Waals surface area contributed by atoms with Crippen molar-refractivity contribution in [2.24, 2.45) is 5.92 Å². The van der Waals surface area contributed by atoms with Gasteiger partial charge in [-0.15, -0.1) is 0 Å². The summed E-state index contributed by atoms with van der Waals surface area (Å²) < 4.78 is 0. The van der Waals surface area contributed by atoms with E-state index in [1.54, 1.807) is 0 Å². The maximum absolute atomic E-state index is 11.8. The van der Waals surface area contributed by atoms with Crippen LogP contribution in [0, 0.1) is 16.0 Å². The van der Waals surface area contributed by atoms with Crippen LogP contribution in [0.2, 0.25) is 0 Å². The lowest BCUT2D eigenvalue weighted by atomic mass is 9.97. The zero-order valence-electron chi connectivity index (χ0n) is 9.46. The fraction of sp³-hybridized carbons (Fsp3) is 0.333. The number of nitro benzene ring substituents is 1. The molecule has 0 aliphatic carbocycles. The van der Waals surface area contributed by atoms with Crippen molar-refractivity contribution in [3.8, 4) is 0 Å². The number of ketones is 1. The van der Waals surface area contributed by atoms with E-state index in [1.807, 2.05) is 6.92 Å². The molecule has 0 N–H and O–H groups in total. The largest absolute Gasteiger partial charge is 0.303 e. The molecule has 0 unspecified atom stereocenters. The van der Waals surface area contributed by atoms with Gasteiger partial charge in [0.15, 0.2) is 5.78 Å². The molecule has 0 saturated heterocycles. The first-order valence-corrected chi connectivity index (χ1v) is 5.31. The Morgan fingerprint density at radius 2 is 2.24 bits per heavy atom. The molecular weight excluding hydrogens is 222 g/mol. The van der Waals surface area contributed by atoms with Gasteiger partial charge in [-0.05, 0) is 6.42 Å². The van der Waals surface area contributed by atoms with Crippen molar-refractivity contribution < 1.29 is 14.5 Å². The smallest absolute Gasteiger partial charge is 0.270 e. The molecule has 0 fully saturated rings. The molecule has 5 heteroatoms. The lowest BCUT2D eigenvalue weighted by Crippen LogP contribution is -2.09.